The summed E-state index contributed by atoms with van der Waals surface area (Å²) in [5, 5.41) is 9.41. The van der Waals surface area contributed by atoms with E-state index in [4.69, 9.17) is 0 Å². The van der Waals surface area contributed by atoms with Crippen LogP contribution >= 0.6 is 0 Å². The first-order chi connectivity index (χ1) is 9.48. The Kier molecular flexibility index (Phi) is 4.06. The smallest absolute Gasteiger partial charge is 0.311 e. The predicted octanol–water partition coefficient (Wildman–Crippen LogP) is 2.54. The van der Waals surface area contributed by atoms with Crippen molar-refractivity contribution in [2.24, 2.45) is 5.41 Å². The number of rotatable bonds is 3. The molecule has 0 aromatic heterocycles. The van der Waals surface area contributed by atoms with Gasteiger partial charge in [-0.2, -0.15) is 0 Å². The number of carbonyl (C=O) groups is 2. The molecule has 108 valence electrons. The molecule has 1 N–H and O–H groups in total. The monoisotopic (exact) mass is 279 g/mol. The number of amides is 1. The summed E-state index contributed by atoms with van der Waals surface area (Å²) in [7, 11) is 0. The van der Waals surface area contributed by atoms with Crippen LogP contribution in [0, 0.1) is 11.2 Å². The van der Waals surface area contributed by atoms with Gasteiger partial charge in [0.05, 0.1) is 5.41 Å². The molecule has 1 aromatic rings. The van der Waals surface area contributed by atoms with E-state index in [0.29, 0.717) is 25.8 Å². The molecule has 20 heavy (non-hydrogen) atoms. The van der Waals surface area contributed by atoms with Crippen molar-refractivity contribution in [1.82, 2.24) is 4.90 Å². The highest BCUT2D eigenvalue weighted by atomic mass is 19.1. The first-order valence-corrected chi connectivity index (χ1v) is 6.77. The highest BCUT2D eigenvalue weighted by molar-refractivity contribution is 5.94. The molecular weight excluding hydrogens is 261 g/mol. The maximum absolute atomic E-state index is 13.2. The Labute approximate surface area is 117 Å². The van der Waals surface area contributed by atoms with Gasteiger partial charge in [0, 0.05) is 18.7 Å². The SMILES string of the molecule is CCC1(C(=O)O)CCCN(C(=O)c2cccc(F)c2)C1. The quantitative estimate of drug-likeness (QED) is 0.925. The molecule has 1 amide bonds. The number of hydrogen-bond donors (Lipinski definition) is 1. The van der Waals surface area contributed by atoms with Gasteiger partial charge in [0.25, 0.3) is 5.91 Å². The zero-order valence-corrected chi connectivity index (χ0v) is 11.4. The van der Waals surface area contributed by atoms with Gasteiger partial charge in [-0.3, -0.25) is 9.59 Å². The molecule has 1 aliphatic rings. The van der Waals surface area contributed by atoms with Crippen molar-refractivity contribution < 1.29 is 19.1 Å². The molecule has 1 aromatic carbocycles. The Morgan fingerprint density at radius 2 is 2.20 bits per heavy atom. The zero-order chi connectivity index (χ0) is 14.8. The third kappa shape index (κ3) is 2.66. The van der Waals surface area contributed by atoms with Gasteiger partial charge in [-0.15, -0.1) is 0 Å². The standard InChI is InChI=1S/C15H18FNO3/c1-2-15(14(19)20)7-4-8-17(10-15)13(18)11-5-3-6-12(16)9-11/h3,5-6,9H,2,4,7-8,10H2,1H3,(H,19,20). The number of carbonyl (C=O) groups excluding carboxylic acids is 1. The molecule has 0 bridgehead atoms. The number of benzene rings is 1. The van der Waals surface area contributed by atoms with Gasteiger partial charge in [-0.25, -0.2) is 4.39 Å². The van der Waals surface area contributed by atoms with Crippen molar-refractivity contribution in [1.29, 1.82) is 0 Å². The molecule has 2 rings (SSSR count). The fourth-order valence-electron chi connectivity index (χ4n) is 2.72. The fraction of sp³-hybridized carbons (Fsp3) is 0.467. The summed E-state index contributed by atoms with van der Waals surface area (Å²) in [4.78, 5) is 25.3. The van der Waals surface area contributed by atoms with Crippen molar-refractivity contribution in [3.63, 3.8) is 0 Å². The summed E-state index contributed by atoms with van der Waals surface area (Å²) < 4.78 is 13.2. The lowest BCUT2D eigenvalue weighted by molar-refractivity contribution is -0.152. The lowest BCUT2D eigenvalue weighted by Crippen LogP contribution is -2.49. The summed E-state index contributed by atoms with van der Waals surface area (Å²) in [5.41, 5.74) is -0.608. The fourth-order valence-corrected chi connectivity index (χ4v) is 2.72. The maximum atomic E-state index is 13.2. The molecule has 1 unspecified atom stereocenters. The average Bonchev–Trinajstić information content (AvgIpc) is 2.46. The third-order valence-electron chi connectivity index (χ3n) is 4.07. The van der Waals surface area contributed by atoms with Gasteiger partial charge in [0.2, 0.25) is 0 Å². The predicted molar refractivity (Wildman–Crippen MR) is 71.9 cm³/mol. The van der Waals surface area contributed by atoms with Crippen LogP contribution in [0.25, 0.3) is 0 Å². The summed E-state index contributed by atoms with van der Waals surface area (Å²) >= 11 is 0. The van der Waals surface area contributed by atoms with Crippen LogP contribution < -0.4 is 0 Å². The van der Waals surface area contributed by atoms with Crippen LogP contribution in [-0.4, -0.2) is 35.0 Å². The molecule has 0 spiro atoms. The van der Waals surface area contributed by atoms with Crippen molar-refractivity contribution in [3.8, 4) is 0 Å². The van der Waals surface area contributed by atoms with Crippen molar-refractivity contribution in [2.45, 2.75) is 26.2 Å². The number of nitrogens with zero attached hydrogens (tertiary/aromatic N) is 1. The van der Waals surface area contributed by atoms with Crippen LogP contribution in [-0.2, 0) is 4.79 Å². The molecule has 4 nitrogen and oxygen atoms in total. The Bertz CT molecular complexity index is 532. The number of halogens is 1. The summed E-state index contributed by atoms with van der Waals surface area (Å²) in [6.07, 6.45) is 1.71. The Morgan fingerprint density at radius 1 is 1.45 bits per heavy atom. The number of carboxylic acids is 1. The van der Waals surface area contributed by atoms with Crippen molar-refractivity contribution in [3.05, 3.63) is 35.6 Å². The molecule has 0 aliphatic carbocycles. The Morgan fingerprint density at radius 3 is 2.80 bits per heavy atom. The lowest BCUT2D eigenvalue weighted by atomic mass is 9.77. The number of likely N-dealkylation sites (tertiary alicyclic amines) is 1. The van der Waals surface area contributed by atoms with Crippen molar-refractivity contribution in [2.75, 3.05) is 13.1 Å². The van der Waals surface area contributed by atoms with E-state index in [1.165, 1.54) is 23.1 Å². The van der Waals surface area contributed by atoms with Gasteiger partial charge < -0.3 is 10.0 Å². The molecule has 0 saturated carbocycles. The minimum Gasteiger partial charge on any atom is -0.481 e. The maximum Gasteiger partial charge on any atom is 0.311 e. The minimum atomic E-state index is -0.874. The molecule has 1 fully saturated rings. The zero-order valence-electron chi connectivity index (χ0n) is 11.4. The van der Waals surface area contributed by atoms with Crippen LogP contribution in [0.5, 0.6) is 0 Å². The number of aliphatic carboxylic acids is 1. The molecule has 1 atom stereocenters. The van der Waals surface area contributed by atoms with E-state index in [9.17, 15) is 19.1 Å². The first-order valence-electron chi connectivity index (χ1n) is 6.77. The molecule has 1 saturated heterocycles. The van der Waals surface area contributed by atoms with E-state index in [1.807, 2.05) is 6.92 Å². The Hall–Kier alpha value is -1.91. The van der Waals surface area contributed by atoms with Gasteiger partial charge in [-0.05, 0) is 37.5 Å². The second kappa shape index (κ2) is 5.61. The summed E-state index contributed by atoms with van der Waals surface area (Å²) in [6, 6.07) is 5.50. The van der Waals surface area contributed by atoms with Crippen LogP contribution in [0.4, 0.5) is 4.39 Å². The van der Waals surface area contributed by atoms with Crippen LogP contribution in [0.2, 0.25) is 0 Å². The van der Waals surface area contributed by atoms with Crippen molar-refractivity contribution >= 4 is 11.9 Å². The summed E-state index contributed by atoms with van der Waals surface area (Å²) in [5.74, 6) is -1.63. The molecular formula is C15H18FNO3. The normalized spacial score (nSPS) is 22.6. The number of piperidine rings is 1. The van der Waals surface area contributed by atoms with Gasteiger partial charge in [0.15, 0.2) is 0 Å². The van der Waals surface area contributed by atoms with E-state index in [0.717, 1.165) is 0 Å². The van der Waals surface area contributed by atoms with E-state index >= 15 is 0 Å². The summed E-state index contributed by atoms with van der Waals surface area (Å²) in [6.45, 7) is 2.53. The highest BCUT2D eigenvalue weighted by Crippen LogP contribution is 2.34. The third-order valence-corrected chi connectivity index (χ3v) is 4.07. The van der Waals surface area contributed by atoms with E-state index in [2.05, 4.69) is 0 Å². The second-order valence-corrected chi connectivity index (χ2v) is 5.28. The molecule has 1 heterocycles. The molecule has 0 radical (unpaired) electrons. The number of carboxylic acid groups (broad SMARTS) is 1. The Balaban J connectivity index is 2.21. The molecule has 1 aliphatic heterocycles. The van der Waals surface area contributed by atoms with Crippen LogP contribution in [0.3, 0.4) is 0 Å². The van der Waals surface area contributed by atoms with Gasteiger partial charge >= 0.3 is 5.97 Å². The highest BCUT2D eigenvalue weighted by Gasteiger charge is 2.42. The van der Waals surface area contributed by atoms with E-state index in [1.54, 1.807) is 6.07 Å². The minimum absolute atomic E-state index is 0.189. The van der Waals surface area contributed by atoms with E-state index in [-0.39, 0.29) is 18.0 Å². The first kappa shape index (κ1) is 14.5. The second-order valence-electron chi connectivity index (χ2n) is 5.28. The van der Waals surface area contributed by atoms with Gasteiger partial charge in [-0.1, -0.05) is 13.0 Å². The van der Waals surface area contributed by atoms with E-state index < -0.39 is 17.2 Å². The molecule has 5 heteroatoms. The number of hydrogen-bond acceptors (Lipinski definition) is 2. The largest absolute Gasteiger partial charge is 0.481 e. The average molecular weight is 279 g/mol. The van der Waals surface area contributed by atoms with Gasteiger partial charge in [0.1, 0.15) is 5.82 Å². The van der Waals surface area contributed by atoms with Crippen LogP contribution in [0.15, 0.2) is 24.3 Å². The van der Waals surface area contributed by atoms with Crippen LogP contribution in [0.1, 0.15) is 36.5 Å². The topological polar surface area (TPSA) is 57.6 Å². The lowest BCUT2D eigenvalue weighted by Gasteiger charge is -2.39.